The third-order valence-electron chi connectivity index (χ3n) is 2.39. The lowest BCUT2D eigenvalue weighted by molar-refractivity contribution is -0.143. The summed E-state index contributed by atoms with van der Waals surface area (Å²) >= 11 is 0. The maximum absolute atomic E-state index is 11.1. The highest BCUT2D eigenvalue weighted by Crippen LogP contribution is 2.44. The molecule has 4 heteroatoms. The number of hydrogen-bond donors (Lipinski definition) is 1. The van der Waals surface area contributed by atoms with E-state index in [1.165, 1.54) is 7.11 Å². The van der Waals surface area contributed by atoms with Crippen molar-refractivity contribution in [2.45, 2.75) is 18.4 Å². The van der Waals surface area contributed by atoms with Gasteiger partial charge in [-0.05, 0) is 18.8 Å². The summed E-state index contributed by atoms with van der Waals surface area (Å²) in [6.07, 6.45) is 1.56. The molecular formula is C8H15NO3. The first kappa shape index (κ1) is 9.48. The van der Waals surface area contributed by atoms with Gasteiger partial charge in [0.05, 0.1) is 7.11 Å². The van der Waals surface area contributed by atoms with Gasteiger partial charge in [-0.25, -0.2) is 0 Å². The van der Waals surface area contributed by atoms with Gasteiger partial charge < -0.3 is 15.2 Å². The smallest absolute Gasteiger partial charge is 0.326 e. The molecule has 12 heavy (non-hydrogen) atoms. The molecule has 0 amide bonds. The maximum Gasteiger partial charge on any atom is 0.326 e. The highest BCUT2D eigenvalue weighted by atomic mass is 16.5. The Labute approximate surface area is 72.0 Å². The molecule has 1 rings (SSSR count). The van der Waals surface area contributed by atoms with Crippen LogP contribution >= 0.6 is 0 Å². The maximum atomic E-state index is 11.1. The molecule has 0 radical (unpaired) electrons. The number of carbonyl (C=O) groups is 1. The molecule has 0 aliphatic heterocycles. The molecule has 1 saturated carbocycles. The number of rotatable bonds is 4. The number of esters is 1. The average Bonchev–Trinajstić information content (AvgIpc) is 2.74. The fraction of sp³-hybridized carbons (Fsp3) is 0.875. The Morgan fingerprint density at radius 1 is 1.67 bits per heavy atom. The summed E-state index contributed by atoms with van der Waals surface area (Å²) in [7, 11) is 3.00. The highest BCUT2D eigenvalue weighted by Gasteiger charge is 2.57. The first-order chi connectivity index (χ1) is 5.65. The van der Waals surface area contributed by atoms with E-state index in [1.54, 1.807) is 7.11 Å². The van der Waals surface area contributed by atoms with E-state index in [-0.39, 0.29) is 11.9 Å². The van der Waals surface area contributed by atoms with Gasteiger partial charge in [0.1, 0.15) is 5.54 Å². The summed E-state index contributed by atoms with van der Waals surface area (Å²) in [6.45, 7) is 0.653. The standard InChI is InChI=1S/C8H15NO3/c1-11-4-3-6-5-8(6,9)7(10)12-2/h6H,3-5,9H2,1-2H3/t6-,8-/m1/s1. The van der Waals surface area contributed by atoms with E-state index in [9.17, 15) is 4.79 Å². The van der Waals surface area contributed by atoms with Gasteiger partial charge in [-0.3, -0.25) is 4.79 Å². The summed E-state index contributed by atoms with van der Waals surface area (Å²) in [4.78, 5) is 11.1. The van der Waals surface area contributed by atoms with Crippen LogP contribution in [0.2, 0.25) is 0 Å². The van der Waals surface area contributed by atoms with E-state index in [1.807, 2.05) is 0 Å². The van der Waals surface area contributed by atoms with Crippen molar-refractivity contribution in [3.05, 3.63) is 0 Å². The zero-order valence-electron chi connectivity index (χ0n) is 7.50. The average molecular weight is 173 g/mol. The fourth-order valence-corrected chi connectivity index (χ4v) is 1.41. The summed E-state index contributed by atoms with van der Waals surface area (Å²) in [5.74, 6) is -0.0616. The normalized spacial score (nSPS) is 33.1. The summed E-state index contributed by atoms with van der Waals surface area (Å²) in [6, 6.07) is 0. The van der Waals surface area contributed by atoms with Crippen LogP contribution in [-0.4, -0.2) is 32.3 Å². The first-order valence-corrected chi connectivity index (χ1v) is 4.01. The van der Waals surface area contributed by atoms with Crippen LogP contribution in [-0.2, 0) is 14.3 Å². The minimum absolute atomic E-state index is 0.241. The van der Waals surface area contributed by atoms with Crippen molar-refractivity contribution in [2.24, 2.45) is 11.7 Å². The van der Waals surface area contributed by atoms with Gasteiger partial charge in [0.2, 0.25) is 0 Å². The van der Waals surface area contributed by atoms with Crippen LogP contribution in [0, 0.1) is 5.92 Å². The predicted molar refractivity (Wildman–Crippen MR) is 43.5 cm³/mol. The monoisotopic (exact) mass is 173 g/mol. The van der Waals surface area contributed by atoms with Crippen LogP contribution in [0.3, 0.4) is 0 Å². The third kappa shape index (κ3) is 1.59. The Morgan fingerprint density at radius 3 is 2.83 bits per heavy atom. The van der Waals surface area contributed by atoms with Gasteiger partial charge in [0.15, 0.2) is 0 Å². The Hall–Kier alpha value is -0.610. The Morgan fingerprint density at radius 2 is 2.33 bits per heavy atom. The topological polar surface area (TPSA) is 61.5 Å². The quantitative estimate of drug-likeness (QED) is 0.604. The van der Waals surface area contributed by atoms with Crippen molar-refractivity contribution in [3.63, 3.8) is 0 Å². The molecule has 1 fully saturated rings. The van der Waals surface area contributed by atoms with Gasteiger partial charge >= 0.3 is 5.97 Å². The van der Waals surface area contributed by atoms with E-state index in [0.717, 1.165) is 12.8 Å². The van der Waals surface area contributed by atoms with Crippen molar-refractivity contribution < 1.29 is 14.3 Å². The molecule has 0 aromatic rings. The molecule has 0 heterocycles. The van der Waals surface area contributed by atoms with Gasteiger partial charge in [0, 0.05) is 13.7 Å². The summed E-state index contributed by atoms with van der Waals surface area (Å²) in [5.41, 5.74) is 5.04. The molecule has 1 aliphatic rings. The number of nitrogens with two attached hydrogens (primary N) is 1. The number of carbonyl (C=O) groups excluding carboxylic acids is 1. The largest absolute Gasteiger partial charge is 0.468 e. The molecule has 0 saturated heterocycles. The molecule has 0 spiro atoms. The van der Waals surface area contributed by atoms with Gasteiger partial charge in [-0.2, -0.15) is 0 Å². The van der Waals surface area contributed by atoms with Crippen LogP contribution in [0.25, 0.3) is 0 Å². The summed E-state index contributed by atoms with van der Waals surface area (Å²) < 4.78 is 9.47. The molecule has 1 aliphatic carbocycles. The van der Waals surface area contributed by atoms with E-state index in [2.05, 4.69) is 4.74 Å². The Balaban J connectivity index is 2.32. The molecular weight excluding hydrogens is 158 g/mol. The SMILES string of the molecule is COCC[C@@H]1C[C@]1(N)C(=O)OC. The van der Waals surface area contributed by atoms with Crippen LogP contribution in [0.1, 0.15) is 12.8 Å². The van der Waals surface area contributed by atoms with Crippen molar-refractivity contribution in [1.29, 1.82) is 0 Å². The molecule has 4 nitrogen and oxygen atoms in total. The lowest BCUT2D eigenvalue weighted by Gasteiger charge is -2.07. The number of ether oxygens (including phenoxy) is 2. The van der Waals surface area contributed by atoms with E-state index in [0.29, 0.717) is 6.61 Å². The molecule has 0 bridgehead atoms. The third-order valence-corrected chi connectivity index (χ3v) is 2.39. The Kier molecular flexibility index (Phi) is 2.69. The highest BCUT2D eigenvalue weighted by molar-refractivity contribution is 5.84. The van der Waals surface area contributed by atoms with Crippen molar-refractivity contribution in [3.8, 4) is 0 Å². The molecule has 2 N–H and O–H groups in total. The second-order valence-corrected chi connectivity index (χ2v) is 3.21. The first-order valence-electron chi connectivity index (χ1n) is 4.01. The van der Waals surface area contributed by atoms with Crippen LogP contribution in [0.15, 0.2) is 0 Å². The van der Waals surface area contributed by atoms with E-state index < -0.39 is 5.54 Å². The van der Waals surface area contributed by atoms with Crippen molar-refractivity contribution >= 4 is 5.97 Å². The predicted octanol–water partition coefficient (Wildman–Crippen LogP) is -0.0867. The zero-order chi connectivity index (χ0) is 9.19. The lowest BCUT2D eigenvalue weighted by atomic mass is 10.2. The second kappa shape index (κ2) is 3.41. The van der Waals surface area contributed by atoms with Gasteiger partial charge in [0.25, 0.3) is 0 Å². The minimum Gasteiger partial charge on any atom is -0.468 e. The van der Waals surface area contributed by atoms with Gasteiger partial charge in [-0.15, -0.1) is 0 Å². The summed E-state index contributed by atoms with van der Waals surface area (Å²) in [5, 5.41) is 0. The van der Waals surface area contributed by atoms with Crippen LogP contribution < -0.4 is 5.73 Å². The zero-order valence-corrected chi connectivity index (χ0v) is 7.50. The molecule has 70 valence electrons. The number of hydrogen-bond acceptors (Lipinski definition) is 4. The molecule has 0 unspecified atom stereocenters. The molecule has 0 aromatic heterocycles. The van der Waals surface area contributed by atoms with Crippen LogP contribution in [0.4, 0.5) is 0 Å². The fourth-order valence-electron chi connectivity index (χ4n) is 1.41. The van der Waals surface area contributed by atoms with Gasteiger partial charge in [-0.1, -0.05) is 0 Å². The van der Waals surface area contributed by atoms with E-state index in [4.69, 9.17) is 10.5 Å². The Bertz CT molecular complexity index is 183. The van der Waals surface area contributed by atoms with Crippen molar-refractivity contribution in [1.82, 2.24) is 0 Å². The van der Waals surface area contributed by atoms with Crippen molar-refractivity contribution in [2.75, 3.05) is 20.8 Å². The second-order valence-electron chi connectivity index (χ2n) is 3.21. The minimum atomic E-state index is -0.715. The number of methoxy groups -OCH3 is 2. The van der Waals surface area contributed by atoms with Crippen LogP contribution in [0.5, 0.6) is 0 Å². The lowest BCUT2D eigenvalue weighted by Crippen LogP contribution is -2.36. The molecule has 0 aromatic carbocycles. The van der Waals surface area contributed by atoms with E-state index >= 15 is 0 Å². The molecule has 2 atom stereocenters.